The Hall–Kier alpha value is -1.11. The summed E-state index contributed by atoms with van der Waals surface area (Å²) in [5.74, 6) is 0.532. The van der Waals surface area contributed by atoms with Gasteiger partial charge < -0.3 is 10.6 Å². The van der Waals surface area contributed by atoms with Crippen LogP contribution < -0.4 is 15.4 Å². The summed E-state index contributed by atoms with van der Waals surface area (Å²) < 4.78 is 27.4. The van der Waals surface area contributed by atoms with Crippen LogP contribution in [-0.2, 0) is 16.4 Å². The number of hydrogen-bond donors (Lipinski definition) is 3. The number of para-hydroxylation sites is 1. The van der Waals surface area contributed by atoms with Crippen LogP contribution in [0.3, 0.4) is 0 Å². The average molecular weight is 297 g/mol. The van der Waals surface area contributed by atoms with Crippen molar-refractivity contribution in [2.45, 2.75) is 24.7 Å². The molecule has 20 heavy (non-hydrogen) atoms. The molecule has 0 aromatic heterocycles. The Morgan fingerprint density at radius 1 is 1.35 bits per heavy atom. The van der Waals surface area contributed by atoms with Crippen LogP contribution in [0.25, 0.3) is 0 Å². The van der Waals surface area contributed by atoms with Gasteiger partial charge in [-0.1, -0.05) is 19.1 Å². The zero-order valence-corrected chi connectivity index (χ0v) is 12.9. The molecule has 112 valence electrons. The molecule has 0 saturated heterocycles. The van der Waals surface area contributed by atoms with Gasteiger partial charge in [-0.25, -0.2) is 13.1 Å². The maximum absolute atomic E-state index is 12.4. The zero-order chi connectivity index (χ0) is 14.6. The lowest BCUT2D eigenvalue weighted by Crippen LogP contribution is -2.29. The van der Waals surface area contributed by atoms with Crippen molar-refractivity contribution in [3.63, 3.8) is 0 Å². The van der Waals surface area contributed by atoms with Gasteiger partial charge in [0, 0.05) is 13.1 Å². The molecule has 1 aromatic rings. The first kappa shape index (κ1) is 15.3. The second-order valence-corrected chi connectivity index (χ2v) is 7.07. The van der Waals surface area contributed by atoms with Crippen molar-refractivity contribution in [1.82, 2.24) is 10.0 Å². The Bertz CT molecular complexity index is 558. The molecule has 0 fully saturated rings. The van der Waals surface area contributed by atoms with E-state index in [1.54, 1.807) is 6.07 Å². The molecule has 0 amide bonds. The SMILES string of the molecule is CNCCCNS(=O)(=O)c1cccc2c1NCC(C)C2. The van der Waals surface area contributed by atoms with E-state index in [-0.39, 0.29) is 0 Å². The summed E-state index contributed by atoms with van der Waals surface area (Å²) >= 11 is 0. The van der Waals surface area contributed by atoms with Crippen molar-refractivity contribution in [3.8, 4) is 0 Å². The lowest BCUT2D eigenvalue weighted by molar-refractivity contribution is 0.572. The Balaban J connectivity index is 2.18. The number of rotatable bonds is 6. The van der Waals surface area contributed by atoms with E-state index in [0.717, 1.165) is 37.2 Å². The van der Waals surface area contributed by atoms with Crippen LogP contribution in [0.2, 0.25) is 0 Å². The first-order chi connectivity index (χ1) is 9.54. The molecule has 1 heterocycles. The van der Waals surface area contributed by atoms with Crippen LogP contribution in [0.4, 0.5) is 5.69 Å². The van der Waals surface area contributed by atoms with E-state index in [1.807, 2.05) is 19.2 Å². The van der Waals surface area contributed by atoms with E-state index in [4.69, 9.17) is 0 Å². The highest BCUT2D eigenvalue weighted by molar-refractivity contribution is 7.89. The third kappa shape index (κ3) is 3.50. The minimum absolute atomic E-state index is 0.367. The standard InChI is InChI=1S/C14H23N3O2S/c1-11-9-12-5-3-6-13(14(12)16-10-11)20(18,19)17-8-4-7-15-2/h3,5-6,11,15-17H,4,7-10H2,1-2H3. The Morgan fingerprint density at radius 2 is 2.15 bits per heavy atom. The molecule has 5 nitrogen and oxygen atoms in total. The molecule has 0 spiro atoms. The summed E-state index contributed by atoms with van der Waals surface area (Å²) in [6.45, 7) is 4.22. The first-order valence-electron chi connectivity index (χ1n) is 7.04. The number of benzene rings is 1. The third-order valence-electron chi connectivity index (χ3n) is 3.49. The molecule has 0 aliphatic carbocycles. The predicted molar refractivity (Wildman–Crippen MR) is 81.5 cm³/mol. The molecule has 1 aromatic carbocycles. The fourth-order valence-corrected chi connectivity index (χ4v) is 3.74. The molecule has 1 aliphatic heterocycles. The van der Waals surface area contributed by atoms with Gasteiger partial charge in [0.2, 0.25) is 10.0 Å². The highest BCUT2D eigenvalue weighted by Crippen LogP contribution is 2.30. The van der Waals surface area contributed by atoms with Crippen LogP contribution in [-0.4, -0.2) is 35.1 Å². The minimum Gasteiger partial charge on any atom is -0.383 e. The van der Waals surface area contributed by atoms with Gasteiger partial charge in [-0.05, 0) is 44.0 Å². The van der Waals surface area contributed by atoms with E-state index < -0.39 is 10.0 Å². The normalized spacial score (nSPS) is 18.4. The van der Waals surface area contributed by atoms with Crippen molar-refractivity contribution in [1.29, 1.82) is 0 Å². The molecule has 0 radical (unpaired) electrons. The first-order valence-corrected chi connectivity index (χ1v) is 8.53. The molecule has 0 saturated carbocycles. The molecule has 1 aliphatic rings. The second kappa shape index (κ2) is 6.56. The third-order valence-corrected chi connectivity index (χ3v) is 5.00. The number of anilines is 1. The lowest BCUT2D eigenvalue weighted by atomic mass is 9.96. The van der Waals surface area contributed by atoms with Crippen LogP contribution in [0.15, 0.2) is 23.1 Å². The van der Waals surface area contributed by atoms with Crippen LogP contribution >= 0.6 is 0 Å². The molecule has 6 heteroatoms. The van der Waals surface area contributed by atoms with Crippen LogP contribution in [0, 0.1) is 5.92 Å². The highest BCUT2D eigenvalue weighted by Gasteiger charge is 2.23. The lowest BCUT2D eigenvalue weighted by Gasteiger charge is -2.25. The van der Waals surface area contributed by atoms with Crippen LogP contribution in [0.5, 0.6) is 0 Å². The van der Waals surface area contributed by atoms with E-state index in [2.05, 4.69) is 22.3 Å². The Kier molecular flexibility index (Phi) is 5.01. The monoisotopic (exact) mass is 297 g/mol. The fourth-order valence-electron chi connectivity index (χ4n) is 2.44. The van der Waals surface area contributed by atoms with E-state index >= 15 is 0 Å². The average Bonchev–Trinajstić information content (AvgIpc) is 2.42. The Morgan fingerprint density at radius 3 is 2.90 bits per heavy atom. The molecule has 0 bridgehead atoms. The predicted octanol–water partition coefficient (Wildman–Crippen LogP) is 1.18. The van der Waals surface area contributed by atoms with Gasteiger partial charge in [0.1, 0.15) is 4.90 Å². The van der Waals surface area contributed by atoms with Gasteiger partial charge in [-0.2, -0.15) is 0 Å². The smallest absolute Gasteiger partial charge is 0.242 e. The number of nitrogens with one attached hydrogen (secondary N) is 3. The number of fused-ring (bicyclic) bond motifs is 1. The van der Waals surface area contributed by atoms with Gasteiger partial charge in [0.25, 0.3) is 0 Å². The van der Waals surface area contributed by atoms with E-state index in [1.165, 1.54) is 0 Å². The van der Waals surface area contributed by atoms with Gasteiger partial charge in [-0.15, -0.1) is 0 Å². The van der Waals surface area contributed by atoms with Crippen molar-refractivity contribution >= 4 is 15.7 Å². The number of sulfonamides is 1. The van der Waals surface area contributed by atoms with Crippen molar-refractivity contribution in [2.24, 2.45) is 5.92 Å². The molecule has 1 unspecified atom stereocenters. The molecule has 1 atom stereocenters. The fraction of sp³-hybridized carbons (Fsp3) is 0.571. The molecular formula is C14H23N3O2S. The van der Waals surface area contributed by atoms with E-state index in [0.29, 0.717) is 17.4 Å². The van der Waals surface area contributed by atoms with Gasteiger partial charge >= 0.3 is 0 Å². The highest BCUT2D eigenvalue weighted by atomic mass is 32.2. The van der Waals surface area contributed by atoms with Crippen LogP contribution in [0.1, 0.15) is 18.9 Å². The molecular weight excluding hydrogens is 274 g/mol. The van der Waals surface area contributed by atoms with Gasteiger partial charge in [0.15, 0.2) is 0 Å². The maximum atomic E-state index is 12.4. The summed E-state index contributed by atoms with van der Waals surface area (Å²) in [6, 6.07) is 5.49. The van der Waals surface area contributed by atoms with Crippen molar-refractivity contribution in [3.05, 3.63) is 23.8 Å². The summed E-state index contributed by atoms with van der Waals surface area (Å²) in [6.07, 6.45) is 1.70. The maximum Gasteiger partial charge on any atom is 0.242 e. The van der Waals surface area contributed by atoms with Crippen molar-refractivity contribution in [2.75, 3.05) is 32.0 Å². The van der Waals surface area contributed by atoms with Gasteiger partial charge in [0.05, 0.1) is 5.69 Å². The second-order valence-electron chi connectivity index (χ2n) is 5.34. The molecule has 3 N–H and O–H groups in total. The topological polar surface area (TPSA) is 70.2 Å². The summed E-state index contributed by atoms with van der Waals surface area (Å²) in [7, 11) is -1.59. The Labute approximate surface area is 121 Å². The summed E-state index contributed by atoms with van der Waals surface area (Å²) in [5.41, 5.74) is 1.86. The summed E-state index contributed by atoms with van der Waals surface area (Å²) in [4.78, 5) is 0.367. The van der Waals surface area contributed by atoms with E-state index in [9.17, 15) is 8.42 Å². The largest absolute Gasteiger partial charge is 0.383 e. The van der Waals surface area contributed by atoms with Crippen molar-refractivity contribution < 1.29 is 8.42 Å². The van der Waals surface area contributed by atoms with Gasteiger partial charge in [-0.3, -0.25) is 0 Å². The summed E-state index contributed by atoms with van der Waals surface area (Å²) in [5, 5.41) is 6.26. The zero-order valence-electron chi connectivity index (χ0n) is 12.1. The quantitative estimate of drug-likeness (QED) is 0.690. The molecule has 2 rings (SSSR count). The minimum atomic E-state index is -3.44. The number of hydrogen-bond acceptors (Lipinski definition) is 4.